The summed E-state index contributed by atoms with van der Waals surface area (Å²) in [6, 6.07) is 18.9. The number of hydrogen-bond acceptors (Lipinski definition) is 2. The first-order valence-corrected chi connectivity index (χ1v) is 9.68. The molecule has 3 heteroatoms. The van der Waals surface area contributed by atoms with Crippen LogP contribution in [0.4, 0.5) is 0 Å². The molecule has 1 atom stereocenters. The number of hydrogen-bond donors (Lipinski definition) is 0. The third-order valence-electron chi connectivity index (χ3n) is 6.00. The van der Waals surface area contributed by atoms with Gasteiger partial charge in [-0.3, -0.25) is 9.69 Å². The second-order valence-corrected chi connectivity index (χ2v) is 7.70. The molecule has 1 heterocycles. The lowest BCUT2D eigenvalue weighted by atomic mass is 9.87. The highest BCUT2D eigenvalue weighted by atomic mass is 35.5. The van der Waals surface area contributed by atoms with E-state index < -0.39 is 0 Å². The summed E-state index contributed by atoms with van der Waals surface area (Å²) >= 11 is 0. The zero-order valence-electron chi connectivity index (χ0n) is 15.3. The molecule has 0 bridgehead atoms. The summed E-state index contributed by atoms with van der Waals surface area (Å²) in [5.41, 5.74) is 3.65. The monoisotopic (exact) mass is 369 g/mol. The lowest BCUT2D eigenvalue weighted by molar-refractivity contribution is 0.0919. The Morgan fingerprint density at radius 2 is 1.58 bits per heavy atom. The standard InChI is InChI=1S/C23H27NO.ClH/c25-23-21(16-20-8-4-5-9-22(20)23)11-10-18-12-14-24(15-13-18)17-19-6-2-1-3-7-19;/h1-9,18,21H,10-17H2;1H. The van der Waals surface area contributed by atoms with E-state index in [0.717, 1.165) is 30.9 Å². The van der Waals surface area contributed by atoms with Crippen LogP contribution in [0, 0.1) is 11.8 Å². The molecule has 0 spiro atoms. The molecular formula is C23H28ClNO. The van der Waals surface area contributed by atoms with Crippen LogP contribution >= 0.6 is 12.4 Å². The number of ketones is 1. The lowest BCUT2D eigenvalue weighted by Gasteiger charge is -2.32. The van der Waals surface area contributed by atoms with Crippen molar-refractivity contribution in [1.82, 2.24) is 4.90 Å². The molecule has 26 heavy (non-hydrogen) atoms. The van der Waals surface area contributed by atoms with Crippen molar-refractivity contribution in [3.05, 3.63) is 71.3 Å². The topological polar surface area (TPSA) is 20.3 Å². The quantitative estimate of drug-likeness (QED) is 0.725. The maximum Gasteiger partial charge on any atom is 0.166 e. The van der Waals surface area contributed by atoms with Gasteiger partial charge in [0.2, 0.25) is 0 Å². The summed E-state index contributed by atoms with van der Waals surface area (Å²) in [5, 5.41) is 0. The van der Waals surface area contributed by atoms with E-state index in [2.05, 4.69) is 47.4 Å². The number of nitrogens with zero attached hydrogens (tertiary/aromatic N) is 1. The largest absolute Gasteiger partial charge is 0.299 e. The molecule has 0 amide bonds. The van der Waals surface area contributed by atoms with E-state index in [0.29, 0.717) is 5.78 Å². The molecule has 1 aliphatic heterocycles. The van der Waals surface area contributed by atoms with Crippen LogP contribution in [0.3, 0.4) is 0 Å². The predicted octanol–water partition coefficient (Wildman–Crippen LogP) is 5.16. The first-order chi connectivity index (χ1) is 12.3. The van der Waals surface area contributed by atoms with E-state index in [4.69, 9.17) is 0 Å². The first-order valence-electron chi connectivity index (χ1n) is 9.68. The van der Waals surface area contributed by atoms with E-state index in [1.807, 2.05) is 12.1 Å². The van der Waals surface area contributed by atoms with Gasteiger partial charge in [-0.05, 0) is 62.2 Å². The van der Waals surface area contributed by atoms with Gasteiger partial charge in [0, 0.05) is 18.0 Å². The van der Waals surface area contributed by atoms with Crippen LogP contribution in [0.15, 0.2) is 54.6 Å². The highest BCUT2D eigenvalue weighted by molar-refractivity contribution is 6.02. The van der Waals surface area contributed by atoms with Crippen LogP contribution in [0.2, 0.25) is 0 Å². The molecule has 4 rings (SSSR count). The van der Waals surface area contributed by atoms with Crippen LogP contribution in [-0.4, -0.2) is 23.8 Å². The smallest absolute Gasteiger partial charge is 0.166 e. The lowest BCUT2D eigenvalue weighted by Crippen LogP contribution is -2.33. The normalized spacial score (nSPS) is 20.6. The van der Waals surface area contributed by atoms with Crippen molar-refractivity contribution >= 4 is 18.2 Å². The second-order valence-electron chi connectivity index (χ2n) is 7.70. The average molecular weight is 370 g/mol. The molecule has 2 nitrogen and oxygen atoms in total. The first kappa shape index (κ1) is 19.1. The van der Waals surface area contributed by atoms with E-state index in [1.165, 1.54) is 43.5 Å². The molecule has 1 aliphatic carbocycles. The minimum absolute atomic E-state index is 0. The number of carbonyl (C=O) groups is 1. The Morgan fingerprint density at radius 1 is 0.885 bits per heavy atom. The van der Waals surface area contributed by atoms with Gasteiger partial charge in [-0.15, -0.1) is 12.4 Å². The van der Waals surface area contributed by atoms with E-state index in [1.54, 1.807) is 0 Å². The van der Waals surface area contributed by atoms with Gasteiger partial charge in [0.1, 0.15) is 0 Å². The molecule has 0 saturated carbocycles. The van der Waals surface area contributed by atoms with Crippen molar-refractivity contribution in [2.75, 3.05) is 13.1 Å². The molecule has 138 valence electrons. The van der Waals surface area contributed by atoms with Gasteiger partial charge < -0.3 is 0 Å². The van der Waals surface area contributed by atoms with Gasteiger partial charge >= 0.3 is 0 Å². The maximum absolute atomic E-state index is 12.5. The van der Waals surface area contributed by atoms with Crippen LogP contribution in [0.25, 0.3) is 0 Å². The van der Waals surface area contributed by atoms with E-state index in [-0.39, 0.29) is 18.3 Å². The highest BCUT2D eigenvalue weighted by Crippen LogP contribution is 2.32. The number of Topliss-reactive ketones (excluding diaryl/α,β-unsaturated/α-hetero) is 1. The maximum atomic E-state index is 12.5. The number of likely N-dealkylation sites (tertiary alicyclic amines) is 1. The van der Waals surface area contributed by atoms with Gasteiger partial charge in [0.05, 0.1) is 0 Å². The number of fused-ring (bicyclic) bond motifs is 1. The summed E-state index contributed by atoms with van der Waals surface area (Å²) in [4.78, 5) is 15.1. The minimum atomic E-state index is 0. The minimum Gasteiger partial charge on any atom is -0.299 e. The SMILES string of the molecule is Cl.O=C1c2ccccc2CC1CCC1CCN(Cc2ccccc2)CC1. The van der Waals surface area contributed by atoms with Crippen LogP contribution in [-0.2, 0) is 13.0 Å². The van der Waals surface area contributed by atoms with Crippen LogP contribution in [0.1, 0.15) is 47.2 Å². The third kappa shape index (κ3) is 4.36. The van der Waals surface area contributed by atoms with Crippen molar-refractivity contribution < 1.29 is 4.79 Å². The molecule has 0 aromatic heterocycles. The Labute approximate surface area is 163 Å². The number of carbonyl (C=O) groups excluding carboxylic acids is 1. The summed E-state index contributed by atoms with van der Waals surface area (Å²) in [5.74, 6) is 1.42. The third-order valence-corrected chi connectivity index (χ3v) is 6.00. The van der Waals surface area contributed by atoms with Crippen molar-refractivity contribution in [2.45, 2.75) is 38.6 Å². The van der Waals surface area contributed by atoms with Crippen molar-refractivity contribution in [3.63, 3.8) is 0 Å². The molecule has 2 aromatic rings. The van der Waals surface area contributed by atoms with Crippen molar-refractivity contribution in [1.29, 1.82) is 0 Å². The zero-order valence-corrected chi connectivity index (χ0v) is 16.1. The van der Waals surface area contributed by atoms with Gasteiger partial charge in [0.15, 0.2) is 5.78 Å². The molecule has 2 aliphatic rings. The van der Waals surface area contributed by atoms with E-state index >= 15 is 0 Å². The summed E-state index contributed by atoms with van der Waals surface area (Å²) in [7, 11) is 0. The fraction of sp³-hybridized carbons (Fsp3) is 0.435. The van der Waals surface area contributed by atoms with Crippen molar-refractivity contribution in [2.24, 2.45) is 11.8 Å². The van der Waals surface area contributed by atoms with Gasteiger partial charge in [-0.2, -0.15) is 0 Å². The number of rotatable bonds is 5. The van der Waals surface area contributed by atoms with Gasteiger partial charge in [-0.25, -0.2) is 0 Å². The van der Waals surface area contributed by atoms with Crippen LogP contribution < -0.4 is 0 Å². The molecule has 1 fully saturated rings. The Kier molecular flexibility index (Phi) is 6.50. The molecule has 1 saturated heterocycles. The van der Waals surface area contributed by atoms with E-state index in [9.17, 15) is 4.79 Å². The number of benzene rings is 2. The summed E-state index contributed by atoms with van der Waals surface area (Å²) < 4.78 is 0. The fourth-order valence-electron chi connectivity index (χ4n) is 4.46. The van der Waals surface area contributed by atoms with Gasteiger partial charge in [-0.1, -0.05) is 54.6 Å². The summed E-state index contributed by atoms with van der Waals surface area (Å²) in [6.45, 7) is 3.46. The van der Waals surface area contributed by atoms with Gasteiger partial charge in [0.25, 0.3) is 0 Å². The van der Waals surface area contributed by atoms with Crippen molar-refractivity contribution in [3.8, 4) is 0 Å². The Bertz CT molecular complexity index is 722. The molecule has 0 radical (unpaired) electrons. The summed E-state index contributed by atoms with van der Waals surface area (Å²) in [6.07, 6.45) is 5.80. The Morgan fingerprint density at radius 3 is 2.31 bits per heavy atom. The molecule has 1 unspecified atom stereocenters. The Balaban J connectivity index is 0.00000196. The molecular weight excluding hydrogens is 342 g/mol. The molecule has 2 aromatic carbocycles. The zero-order chi connectivity index (χ0) is 17.1. The Hall–Kier alpha value is -1.64. The average Bonchev–Trinajstić information content (AvgIpc) is 2.98. The molecule has 0 N–H and O–H groups in total. The number of halogens is 1. The fourth-order valence-corrected chi connectivity index (χ4v) is 4.46. The predicted molar refractivity (Wildman–Crippen MR) is 109 cm³/mol. The second kappa shape index (κ2) is 8.83. The number of piperidine rings is 1. The van der Waals surface area contributed by atoms with Crippen LogP contribution in [0.5, 0.6) is 0 Å². The highest BCUT2D eigenvalue weighted by Gasteiger charge is 2.30.